The first kappa shape index (κ1) is 26.4. The van der Waals surface area contributed by atoms with Crippen LogP contribution >= 0.6 is 0 Å². The van der Waals surface area contributed by atoms with Crippen molar-refractivity contribution in [3.63, 3.8) is 0 Å². The van der Waals surface area contributed by atoms with E-state index in [-0.39, 0.29) is 24.1 Å². The zero-order valence-corrected chi connectivity index (χ0v) is 21.0. The second kappa shape index (κ2) is 9.03. The van der Waals surface area contributed by atoms with Crippen molar-refractivity contribution in [2.75, 3.05) is 26.4 Å². The van der Waals surface area contributed by atoms with Gasteiger partial charge < -0.3 is 26.5 Å². The summed E-state index contributed by atoms with van der Waals surface area (Å²) in [4.78, 5) is 72.6. The van der Waals surface area contributed by atoms with Gasteiger partial charge >= 0.3 is 0 Å². The lowest BCUT2D eigenvalue weighted by Crippen LogP contribution is -2.74. The fourth-order valence-electron chi connectivity index (χ4n) is 6.23. The number of nitrogen functional groups attached to an aromatic ring is 1. The van der Waals surface area contributed by atoms with E-state index in [0.717, 1.165) is 0 Å². The average molecular weight is 515 g/mol. The first-order valence-electron chi connectivity index (χ1n) is 11.9. The number of amides is 1. The minimum Gasteiger partial charge on any atom is -0.505 e. The van der Waals surface area contributed by atoms with Crippen LogP contribution in [0.3, 0.4) is 0 Å². The monoisotopic (exact) mass is 514 g/mol. The molecule has 1 aromatic carbocycles. The minimum absolute atomic E-state index is 0.0455. The summed E-state index contributed by atoms with van der Waals surface area (Å²) in [6, 6.07) is 0.302. The summed E-state index contributed by atoms with van der Waals surface area (Å²) in [5.74, 6) is -11.2. The van der Waals surface area contributed by atoms with Crippen LogP contribution in [0.5, 0.6) is 5.75 Å². The summed E-state index contributed by atoms with van der Waals surface area (Å²) in [6.45, 7) is 3.69. The fourth-order valence-corrected chi connectivity index (χ4v) is 6.23. The lowest BCUT2D eigenvalue weighted by molar-refractivity contribution is -0.181. The molecule has 2 saturated carbocycles. The van der Waals surface area contributed by atoms with Crippen LogP contribution in [0.4, 0.5) is 5.69 Å². The number of phenolic OH excluding ortho intramolecular Hbond substituents is 1. The Hall–Kier alpha value is -3.64. The molecule has 2 fully saturated rings. The molecule has 12 nitrogen and oxygen atoms in total. The molecule has 12 heteroatoms. The third-order valence-electron chi connectivity index (χ3n) is 7.81. The van der Waals surface area contributed by atoms with Gasteiger partial charge in [-0.3, -0.25) is 28.9 Å². The van der Waals surface area contributed by atoms with Gasteiger partial charge in [-0.05, 0) is 58.3 Å². The SMILES string of the molecule is CCON=C(C)c1cc(N)c(O)c2c1C[C@H]1C[C@H]3[C@H](N(C)C)C(=O)C(C(N)=O)C(=O)[C@@]3(O)C(=O)C1C2=O. The summed E-state index contributed by atoms with van der Waals surface area (Å²) >= 11 is 0. The maximum Gasteiger partial charge on any atom is 0.235 e. The molecule has 4 rings (SSSR count). The molecule has 198 valence electrons. The van der Waals surface area contributed by atoms with E-state index < -0.39 is 70.1 Å². The predicted molar refractivity (Wildman–Crippen MR) is 130 cm³/mol. The average Bonchev–Trinajstić information content (AvgIpc) is 2.81. The van der Waals surface area contributed by atoms with Crippen molar-refractivity contribution >= 4 is 40.4 Å². The van der Waals surface area contributed by atoms with Crippen molar-refractivity contribution in [3.05, 3.63) is 22.8 Å². The number of anilines is 1. The van der Waals surface area contributed by atoms with Crippen molar-refractivity contribution in [1.82, 2.24) is 4.90 Å². The van der Waals surface area contributed by atoms with Crippen molar-refractivity contribution in [3.8, 4) is 5.75 Å². The van der Waals surface area contributed by atoms with Crippen LogP contribution in [0, 0.1) is 23.7 Å². The number of carbonyl (C=O) groups excluding carboxylic acids is 5. The standard InChI is InChI=1S/C25H30N4O8/c1-5-37-28-9(2)11-8-14(26)19(30)16-12(11)6-10-7-13-18(29(3)4)21(32)17(24(27)35)23(34)25(13,36)22(33)15(10)20(16)31/h8,10,13,15,17-18,30,36H,5-7,26H2,1-4H3,(H2,27,35)/t10-,13-,15?,17?,18-,25-/m0/s1. The van der Waals surface area contributed by atoms with E-state index >= 15 is 0 Å². The lowest BCUT2D eigenvalue weighted by Gasteiger charge is -2.52. The van der Waals surface area contributed by atoms with Gasteiger partial charge in [-0.25, -0.2) is 0 Å². The molecule has 6 N–H and O–H groups in total. The normalized spacial score (nSPS) is 31.6. The number of aliphatic hydroxyl groups is 1. The highest BCUT2D eigenvalue weighted by Gasteiger charge is 2.69. The van der Waals surface area contributed by atoms with Crippen LogP contribution in [-0.2, 0) is 30.4 Å². The number of carbonyl (C=O) groups is 5. The van der Waals surface area contributed by atoms with E-state index in [2.05, 4.69) is 5.16 Å². The largest absolute Gasteiger partial charge is 0.505 e. The smallest absolute Gasteiger partial charge is 0.235 e. The number of hydrogen-bond acceptors (Lipinski definition) is 11. The molecule has 37 heavy (non-hydrogen) atoms. The van der Waals surface area contributed by atoms with Crippen molar-refractivity contribution in [2.45, 2.75) is 38.3 Å². The van der Waals surface area contributed by atoms with Crippen molar-refractivity contribution in [1.29, 1.82) is 0 Å². The third kappa shape index (κ3) is 3.65. The number of nitrogens with two attached hydrogens (primary N) is 2. The Morgan fingerprint density at radius 1 is 1.24 bits per heavy atom. The summed E-state index contributed by atoms with van der Waals surface area (Å²) in [7, 11) is 3.06. The van der Waals surface area contributed by atoms with Gasteiger partial charge in [0.05, 0.1) is 28.9 Å². The van der Waals surface area contributed by atoms with E-state index in [9.17, 15) is 34.2 Å². The summed E-state index contributed by atoms with van der Waals surface area (Å²) in [6.07, 6.45) is 0.0596. The predicted octanol–water partition coefficient (Wildman–Crippen LogP) is -0.790. The number of ketones is 4. The van der Waals surface area contributed by atoms with Gasteiger partial charge in [0.2, 0.25) is 5.91 Å². The number of nitrogens with zero attached hydrogens (tertiary/aromatic N) is 2. The van der Waals surface area contributed by atoms with E-state index in [1.54, 1.807) is 13.8 Å². The molecule has 0 heterocycles. The van der Waals surface area contributed by atoms with Gasteiger partial charge in [0.15, 0.2) is 34.7 Å². The molecule has 0 bridgehead atoms. The Bertz CT molecular complexity index is 1270. The number of Topliss-reactive ketones (excluding diaryl/α,β-unsaturated/α-hetero) is 4. The number of rotatable bonds is 5. The summed E-state index contributed by atoms with van der Waals surface area (Å²) in [5.41, 5.74) is 9.46. The van der Waals surface area contributed by atoms with Gasteiger partial charge in [-0.15, -0.1) is 0 Å². The van der Waals surface area contributed by atoms with Gasteiger partial charge in [-0.1, -0.05) is 5.16 Å². The molecule has 3 aliphatic carbocycles. The van der Waals surface area contributed by atoms with Crippen LogP contribution < -0.4 is 11.5 Å². The number of aromatic hydroxyl groups is 1. The number of primary amides is 1. The summed E-state index contributed by atoms with van der Waals surface area (Å²) < 4.78 is 0. The molecule has 0 saturated heterocycles. The molecular formula is C25H30N4O8. The molecule has 1 amide bonds. The number of oxime groups is 1. The molecular weight excluding hydrogens is 484 g/mol. The molecule has 0 aromatic heterocycles. The second-order valence-corrected chi connectivity index (χ2v) is 10.1. The molecule has 0 spiro atoms. The first-order chi connectivity index (χ1) is 17.3. The highest BCUT2D eigenvalue weighted by atomic mass is 16.6. The van der Waals surface area contributed by atoms with E-state index in [1.165, 1.54) is 25.1 Å². The number of fused-ring (bicyclic) bond motifs is 3. The first-order valence-corrected chi connectivity index (χ1v) is 11.9. The summed E-state index contributed by atoms with van der Waals surface area (Å²) in [5, 5.41) is 26.3. The maximum atomic E-state index is 13.8. The Balaban J connectivity index is 1.89. The van der Waals surface area contributed by atoms with Crippen LogP contribution in [-0.4, -0.2) is 82.2 Å². The fraction of sp³-hybridized carbons (Fsp3) is 0.520. The Morgan fingerprint density at radius 3 is 2.46 bits per heavy atom. The lowest BCUT2D eigenvalue weighted by atomic mass is 9.52. The Labute approximate surface area is 212 Å². The Morgan fingerprint density at radius 2 is 1.89 bits per heavy atom. The van der Waals surface area contributed by atoms with E-state index in [0.29, 0.717) is 23.4 Å². The second-order valence-electron chi connectivity index (χ2n) is 10.1. The van der Waals surface area contributed by atoms with Crippen LogP contribution in [0.15, 0.2) is 11.2 Å². The topological polar surface area (TPSA) is 203 Å². The molecule has 6 atom stereocenters. The van der Waals surface area contributed by atoms with Gasteiger partial charge in [-0.2, -0.15) is 0 Å². The van der Waals surface area contributed by atoms with Gasteiger partial charge in [0.25, 0.3) is 0 Å². The highest BCUT2D eigenvalue weighted by Crippen LogP contribution is 2.51. The molecule has 3 aliphatic rings. The molecule has 2 unspecified atom stereocenters. The Kier molecular flexibility index (Phi) is 6.45. The highest BCUT2D eigenvalue weighted by molar-refractivity contribution is 6.32. The number of likely N-dealkylation sites (N-methyl/N-ethyl adjacent to an activating group) is 1. The van der Waals surface area contributed by atoms with Gasteiger partial charge in [0.1, 0.15) is 12.4 Å². The van der Waals surface area contributed by atoms with Crippen LogP contribution in [0.1, 0.15) is 41.8 Å². The van der Waals surface area contributed by atoms with E-state index in [4.69, 9.17) is 16.3 Å². The van der Waals surface area contributed by atoms with Crippen molar-refractivity contribution < 1.29 is 39.0 Å². The minimum atomic E-state index is -2.78. The van der Waals surface area contributed by atoms with Crippen LogP contribution in [0.2, 0.25) is 0 Å². The number of hydrogen-bond donors (Lipinski definition) is 4. The van der Waals surface area contributed by atoms with Crippen LogP contribution in [0.25, 0.3) is 0 Å². The molecule has 0 radical (unpaired) electrons. The molecule has 1 aromatic rings. The maximum absolute atomic E-state index is 13.8. The van der Waals surface area contributed by atoms with E-state index in [1.807, 2.05) is 0 Å². The van der Waals surface area contributed by atoms with Crippen molar-refractivity contribution in [2.24, 2.45) is 34.6 Å². The third-order valence-corrected chi connectivity index (χ3v) is 7.81. The molecule has 0 aliphatic heterocycles. The van der Waals surface area contributed by atoms with Gasteiger partial charge in [0, 0.05) is 11.5 Å². The number of phenols is 1. The zero-order valence-electron chi connectivity index (χ0n) is 21.0. The quantitative estimate of drug-likeness (QED) is 0.127. The zero-order chi connectivity index (χ0) is 27.6. The number of benzene rings is 1.